The van der Waals surface area contributed by atoms with Gasteiger partial charge in [-0.15, -0.1) is 10.2 Å². The molecule has 9 nitrogen and oxygen atoms in total. The van der Waals surface area contributed by atoms with Gasteiger partial charge in [-0.1, -0.05) is 0 Å². The molecule has 142 valence electrons. The van der Waals surface area contributed by atoms with E-state index in [9.17, 15) is 8.42 Å². The molecule has 0 aliphatic heterocycles. The van der Waals surface area contributed by atoms with E-state index in [4.69, 9.17) is 5.26 Å². The van der Waals surface area contributed by atoms with Gasteiger partial charge < -0.3 is 10.6 Å². The summed E-state index contributed by atoms with van der Waals surface area (Å²) >= 11 is 0. The molecule has 0 amide bonds. The fourth-order valence-electron chi connectivity index (χ4n) is 2.25. The van der Waals surface area contributed by atoms with E-state index >= 15 is 0 Å². The van der Waals surface area contributed by atoms with E-state index in [0.717, 1.165) is 5.69 Å². The van der Waals surface area contributed by atoms with Gasteiger partial charge in [-0.3, -0.25) is 4.98 Å². The molecule has 2 heterocycles. The van der Waals surface area contributed by atoms with Crippen LogP contribution in [0.15, 0.2) is 65.8 Å². The predicted molar refractivity (Wildman–Crippen MR) is 104 cm³/mol. The van der Waals surface area contributed by atoms with E-state index in [1.54, 1.807) is 24.5 Å². The molecule has 0 radical (unpaired) electrons. The molecule has 0 atom stereocenters. The van der Waals surface area contributed by atoms with Gasteiger partial charge in [-0.25, -0.2) is 13.1 Å². The van der Waals surface area contributed by atoms with Gasteiger partial charge in [-0.05, 0) is 48.5 Å². The highest BCUT2D eigenvalue weighted by Gasteiger charge is 2.12. The summed E-state index contributed by atoms with van der Waals surface area (Å²) in [6.45, 7) is 0.499. The SMILES string of the molecule is N#Cc1ccc(S(=O)(=O)NCCNc2ccc(Nc3cccnc3)nn2)cc1. The van der Waals surface area contributed by atoms with E-state index in [1.165, 1.54) is 24.3 Å². The number of hydrogen-bond acceptors (Lipinski definition) is 8. The van der Waals surface area contributed by atoms with Crippen LogP contribution in [-0.2, 0) is 10.0 Å². The maximum Gasteiger partial charge on any atom is 0.240 e. The molecule has 3 rings (SSSR count). The Labute approximate surface area is 162 Å². The molecule has 0 unspecified atom stereocenters. The summed E-state index contributed by atoms with van der Waals surface area (Å²) in [5.41, 5.74) is 1.20. The number of nitriles is 1. The van der Waals surface area contributed by atoms with Gasteiger partial charge in [0.05, 0.1) is 28.4 Å². The molecule has 10 heteroatoms. The highest BCUT2D eigenvalue weighted by Crippen LogP contribution is 2.13. The van der Waals surface area contributed by atoms with E-state index < -0.39 is 10.0 Å². The molecular formula is C18H17N7O2S. The second kappa shape index (κ2) is 8.90. The van der Waals surface area contributed by atoms with Crippen molar-refractivity contribution in [1.29, 1.82) is 5.26 Å². The minimum Gasteiger partial charge on any atom is -0.367 e. The van der Waals surface area contributed by atoms with Crippen LogP contribution in [0.1, 0.15) is 5.56 Å². The Kier molecular flexibility index (Phi) is 6.11. The fourth-order valence-corrected chi connectivity index (χ4v) is 3.28. The van der Waals surface area contributed by atoms with E-state index in [-0.39, 0.29) is 11.4 Å². The van der Waals surface area contributed by atoms with Crippen molar-refractivity contribution in [2.75, 3.05) is 23.7 Å². The van der Waals surface area contributed by atoms with Crippen molar-refractivity contribution in [1.82, 2.24) is 19.9 Å². The van der Waals surface area contributed by atoms with Crippen LogP contribution in [0.2, 0.25) is 0 Å². The fraction of sp³-hybridized carbons (Fsp3) is 0.111. The number of pyridine rings is 1. The van der Waals surface area contributed by atoms with Gasteiger partial charge in [0.25, 0.3) is 0 Å². The molecule has 0 fully saturated rings. The summed E-state index contributed by atoms with van der Waals surface area (Å²) in [6, 6.07) is 14.8. The number of benzene rings is 1. The minimum absolute atomic E-state index is 0.108. The second-order valence-corrected chi connectivity index (χ2v) is 7.40. The van der Waals surface area contributed by atoms with Crippen molar-refractivity contribution < 1.29 is 8.42 Å². The predicted octanol–water partition coefficient (Wildman–Crippen LogP) is 1.88. The zero-order chi connectivity index (χ0) is 19.8. The zero-order valence-corrected chi connectivity index (χ0v) is 15.5. The first-order chi connectivity index (χ1) is 13.6. The topological polar surface area (TPSA) is 133 Å². The number of nitrogens with one attached hydrogen (secondary N) is 3. The van der Waals surface area contributed by atoms with E-state index in [1.807, 2.05) is 18.2 Å². The molecule has 3 aromatic rings. The standard InChI is InChI=1S/C18H17N7O2S/c19-12-14-3-5-16(6-4-14)28(26,27)22-11-10-21-17-7-8-18(25-24-17)23-15-2-1-9-20-13-15/h1-9,13,22H,10-11H2,(H,21,24)(H,23,25). The number of hydrogen-bond donors (Lipinski definition) is 3. The molecule has 0 saturated carbocycles. The summed E-state index contributed by atoms with van der Waals surface area (Å²) in [5.74, 6) is 1.09. The minimum atomic E-state index is -3.63. The zero-order valence-electron chi connectivity index (χ0n) is 14.7. The lowest BCUT2D eigenvalue weighted by atomic mass is 10.2. The highest BCUT2D eigenvalue weighted by molar-refractivity contribution is 7.89. The normalized spacial score (nSPS) is 10.8. The van der Waals surface area contributed by atoms with Crippen molar-refractivity contribution in [2.24, 2.45) is 0 Å². The largest absolute Gasteiger partial charge is 0.367 e. The molecule has 0 aliphatic carbocycles. The van der Waals surface area contributed by atoms with Crippen LogP contribution in [0.3, 0.4) is 0 Å². The maximum atomic E-state index is 12.2. The number of sulfonamides is 1. The molecule has 0 bridgehead atoms. The van der Waals surface area contributed by atoms with Crippen molar-refractivity contribution in [3.63, 3.8) is 0 Å². The highest BCUT2D eigenvalue weighted by atomic mass is 32.2. The third-order valence-electron chi connectivity index (χ3n) is 3.62. The van der Waals surface area contributed by atoms with Crippen LogP contribution in [0.4, 0.5) is 17.3 Å². The van der Waals surface area contributed by atoms with Crippen LogP contribution in [0.25, 0.3) is 0 Å². The summed E-state index contributed by atoms with van der Waals surface area (Å²) in [7, 11) is -3.63. The molecular weight excluding hydrogens is 378 g/mol. The molecule has 0 aliphatic rings. The number of rotatable bonds is 8. The molecule has 0 spiro atoms. The van der Waals surface area contributed by atoms with Crippen LogP contribution in [-0.4, -0.2) is 36.7 Å². The lowest BCUT2D eigenvalue weighted by Gasteiger charge is -2.09. The Balaban J connectivity index is 1.47. The Morgan fingerprint density at radius 3 is 2.36 bits per heavy atom. The van der Waals surface area contributed by atoms with Crippen molar-refractivity contribution in [3.05, 3.63) is 66.5 Å². The molecule has 3 N–H and O–H groups in total. The third-order valence-corrected chi connectivity index (χ3v) is 5.09. The van der Waals surface area contributed by atoms with Crippen LogP contribution in [0.5, 0.6) is 0 Å². The van der Waals surface area contributed by atoms with Gasteiger partial charge in [0.1, 0.15) is 5.82 Å². The first-order valence-electron chi connectivity index (χ1n) is 8.31. The van der Waals surface area contributed by atoms with Gasteiger partial charge in [0.15, 0.2) is 5.82 Å². The molecule has 2 aromatic heterocycles. The van der Waals surface area contributed by atoms with Crippen LogP contribution in [0, 0.1) is 11.3 Å². The summed E-state index contributed by atoms with van der Waals surface area (Å²) in [4.78, 5) is 4.11. The Morgan fingerprint density at radius 1 is 0.964 bits per heavy atom. The summed E-state index contributed by atoms with van der Waals surface area (Å²) in [6.07, 6.45) is 3.35. The quantitative estimate of drug-likeness (QED) is 0.492. The van der Waals surface area contributed by atoms with Crippen molar-refractivity contribution in [3.8, 4) is 6.07 Å². The lowest BCUT2D eigenvalue weighted by molar-refractivity contribution is 0.583. The van der Waals surface area contributed by atoms with Gasteiger partial charge in [0.2, 0.25) is 10.0 Å². The van der Waals surface area contributed by atoms with E-state index in [2.05, 4.69) is 30.5 Å². The maximum absolute atomic E-state index is 12.2. The smallest absolute Gasteiger partial charge is 0.240 e. The summed E-state index contributed by atoms with van der Waals surface area (Å²) < 4.78 is 26.9. The summed E-state index contributed by atoms with van der Waals surface area (Å²) in [5, 5.41) is 22.9. The molecule has 1 aromatic carbocycles. The van der Waals surface area contributed by atoms with Gasteiger partial charge in [-0.2, -0.15) is 5.26 Å². The number of nitrogens with zero attached hydrogens (tertiary/aromatic N) is 4. The van der Waals surface area contributed by atoms with Crippen LogP contribution >= 0.6 is 0 Å². The third kappa shape index (κ3) is 5.23. The van der Waals surface area contributed by atoms with Gasteiger partial charge >= 0.3 is 0 Å². The lowest BCUT2D eigenvalue weighted by Crippen LogP contribution is -2.29. The Bertz CT molecular complexity index is 1050. The monoisotopic (exact) mass is 395 g/mol. The van der Waals surface area contributed by atoms with E-state index in [0.29, 0.717) is 23.7 Å². The van der Waals surface area contributed by atoms with Crippen molar-refractivity contribution >= 4 is 27.3 Å². The average molecular weight is 395 g/mol. The van der Waals surface area contributed by atoms with Crippen molar-refractivity contribution in [2.45, 2.75) is 4.90 Å². The number of anilines is 3. The second-order valence-electron chi connectivity index (χ2n) is 5.63. The average Bonchev–Trinajstić information content (AvgIpc) is 2.73. The number of aromatic nitrogens is 3. The first-order valence-corrected chi connectivity index (χ1v) is 9.80. The molecule has 0 saturated heterocycles. The first kappa shape index (κ1) is 19.2. The molecule has 28 heavy (non-hydrogen) atoms. The van der Waals surface area contributed by atoms with Crippen LogP contribution < -0.4 is 15.4 Å². The van der Waals surface area contributed by atoms with Gasteiger partial charge in [0, 0.05) is 19.3 Å². The Morgan fingerprint density at radius 2 is 1.71 bits per heavy atom. The Hall–Kier alpha value is -3.55.